The average Bonchev–Trinajstić information content (AvgIpc) is 2.82. The van der Waals surface area contributed by atoms with E-state index in [4.69, 9.17) is 4.74 Å². The number of morpholine rings is 1. The summed E-state index contributed by atoms with van der Waals surface area (Å²) < 4.78 is 19.4. The predicted molar refractivity (Wildman–Crippen MR) is 86.0 cm³/mol. The van der Waals surface area contributed by atoms with Gasteiger partial charge in [-0.3, -0.25) is 4.79 Å². The molecule has 0 unspecified atom stereocenters. The number of hydrogen-bond acceptors (Lipinski definition) is 4. The van der Waals surface area contributed by atoms with Crippen molar-refractivity contribution in [3.8, 4) is 0 Å². The lowest BCUT2D eigenvalue weighted by Gasteiger charge is -2.35. The van der Waals surface area contributed by atoms with Crippen LogP contribution in [-0.4, -0.2) is 41.3 Å². The molecule has 0 saturated carbocycles. The summed E-state index contributed by atoms with van der Waals surface area (Å²) in [5.41, 5.74) is 0.401. The molecule has 2 aliphatic rings. The minimum Gasteiger partial charge on any atom is -0.372 e. The van der Waals surface area contributed by atoms with Crippen LogP contribution in [0.3, 0.4) is 0 Å². The molecule has 3 rings (SSSR count). The number of nitrogens with zero attached hydrogens (tertiary/aromatic N) is 2. The van der Waals surface area contributed by atoms with Crippen molar-refractivity contribution in [2.24, 2.45) is 4.99 Å². The summed E-state index contributed by atoms with van der Waals surface area (Å²) >= 11 is 1.30. The van der Waals surface area contributed by atoms with Crippen LogP contribution in [0.5, 0.6) is 0 Å². The van der Waals surface area contributed by atoms with Gasteiger partial charge in [0, 0.05) is 18.7 Å². The molecule has 0 bridgehead atoms. The normalized spacial score (nSPS) is 27.4. The first-order valence-electron chi connectivity index (χ1n) is 7.20. The Morgan fingerprint density at radius 1 is 1.32 bits per heavy atom. The number of hydrogen-bond donors (Lipinski definition) is 0. The van der Waals surface area contributed by atoms with E-state index in [1.54, 1.807) is 24.3 Å². The zero-order chi connectivity index (χ0) is 15.7. The Labute approximate surface area is 133 Å². The van der Waals surface area contributed by atoms with Crippen LogP contribution < -0.4 is 0 Å². The Bertz CT molecular complexity index is 649. The van der Waals surface area contributed by atoms with E-state index in [0.717, 1.165) is 0 Å². The molecule has 0 spiro atoms. The number of carbonyl (C=O) groups excluding carboxylic acids is 1. The van der Waals surface area contributed by atoms with Crippen LogP contribution in [0.4, 0.5) is 4.39 Å². The number of halogens is 1. The van der Waals surface area contributed by atoms with E-state index < -0.39 is 0 Å². The number of rotatable bonds is 1. The van der Waals surface area contributed by atoms with E-state index in [1.807, 2.05) is 13.8 Å². The van der Waals surface area contributed by atoms with Gasteiger partial charge in [-0.05, 0) is 37.8 Å². The van der Waals surface area contributed by atoms with Crippen molar-refractivity contribution < 1.29 is 13.9 Å². The third kappa shape index (κ3) is 3.23. The number of carbonyl (C=O) groups is 1. The van der Waals surface area contributed by atoms with Gasteiger partial charge in [-0.2, -0.15) is 4.99 Å². The second kappa shape index (κ2) is 6.22. The van der Waals surface area contributed by atoms with E-state index in [-0.39, 0.29) is 23.9 Å². The molecule has 0 aromatic heterocycles. The van der Waals surface area contributed by atoms with Gasteiger partial charge in [0.05, 0.1) is 17.1 Å². The quantitative estimate of drug-likeness (QED) is 0.746. The van der Waals surface area contributed by atoms with Crippen molar-refractivity contribution >= 4 is 28.9 Å². The first kappa shape index (κ1) is 15.2. The summed E-state index contributed by atoms with van der Waals surface area (Å²) in [4.78, 5) is 18.7. The fraction of sp³-hybridized carbons (Fsp3) is 0.375. The number of ether oxygens (including phenoxy) is 1. The Morgan fingerprint density at radius 3 is 2.68 bits per heavy atom. The summed E-state index contributed by atoms with van der Waals surface area (Å²) in [5, 5.41) is 0.676. The molecular weight excluding hydrogens is 303 g/mol. The highest BCUT2D eigenvalue weighted by atomic mass is 32.2. The zero-order valence-corrected chi connectivity index (χ0v) is 13.3. The molecule has 2 heterocycles. The summed E-state index contributed by atoms with van der Waals surface area (Å²) in [6, 6.07) is 6.39. The van der Waals surface area contributed by atoms with Gasteiger partial charge in [0.15, 0.2) is 5.17 Å². The molecule has 4 nitrogen and oxygen atoms in total. The van der Waals surface area contributed by atoms with Gasteiger partial charge in [0.25, 0.3) is 5.91 Å². The molecule has 2 aliphatic heterocycles. The maximum Gasteiger partial charge on any atom is 0.286 e. The Balaban J connectivity index is 1.78. The second-order valence-electron chi connectivity index (χ2n) is 5.49. The highest BCUT2D eigenvalue weighted by Crippen LogP contribution is 2.31. The minimum absolute atomic E-state index is 0.0988. The molecular formula is C16H17FN2O2S. The molecule has 1 fully saturated rings. The highest BCUT2D eigenvalue weighted by Gasteiger charge is 2.31. The zero-order valence-electron chi connectivity index (χ0n) is 12.5. The van der Waals surface area contributed by atoms with Gasteiger partial charge < -0.3 is 9.64 Å². The maximum atomic E-state index is 13.7. The standard InChI is InChI=1S/C16H17FN2O2S/c1-10-8-19(9-11(2)21-10)16-18-15(20)14(22-16)7-12-5-3-4-6-13(12)17/h3-7,10-11H,8-9H2,1-2H3/b14-7+/t10-,11-/m1/s1. The van der Waals surface area contributed by atoms with Gasteiger partial charge in [0.1, 0.15) is 5.82 Å². The smallest absolute Gasteiger partial charge is 0.286 e. The molecule has 0 N–H and O–H groups in total. The van der Waals surface area contributed by atoms with Gasteiger partial charge in [-0.25, -0.2) is 4.39 Å². The highest BCUT2D eigenvalue weighted by molar-refractivity contribution is 8.18. The van der Waals surface area contributed by atoms with Crippen LogP contribution in [0.15, 0.2) is 34.2 Å². The fourth-order valence-corrected chi connectivity index (χ4v) is 3.52. The Morgan fingerprint density at radius 2 is 2.00 bits per heavy atom. The lowest BCUT2D eigenvalue weighted by atomic mass is 10.2. The number of thioether (sulfide) groups is 1. The van der Waals surface area contributed by atoms with Gasteiger partial charge in [-0.15, -0.1) is 0 Å². The average molecular weight is 320 g/mol. The Kier molecular flexibility index (Phi) is 4.31. The van der Waals surface area contributed by atoms with Crippen molar-refractivity contribution in [2.45, 2.75) is 26.1 Å². The first-order chi connectivity index (χ1) is 10.5. The maximum absolute atomic E-state index is 13.7. The van der Waals surface area contributed by atoms with E-state index in [9.17, 15) is 9.18 Å². The molecule has 6 heteroatoms. The van der Waals surface area contributed by atoms with Gasteiger partial charge in [0.2, 0.25) is 0 Å². The molecule has 0 aliphatic carbocycles. The Hall–Kier alpha value is -1.66. The van der Waals surface area contributed by atoms with Crippen molar-refractivity contribution in [1.29, 1.82) is 0 Å². The molecule has 1 amide bonds. The third-order valence-electron chi connectivity index (χ3n) is 3.49. The van der Waals surface area contributed by atoms with E-state index >= 15 is 0 Å². The largest absolute Gasteiger partial charge is 0.372 e. The summed E-state index contributed by atoms with van der Waals surface area (Å²) in [6.07, 6.45) is 1.76. The van der Waals surface area contributed by atoms with Crippen molar-refractivity contribution in [2.75, 3.05) is 13.1 Å². The third-order valence-corrected chi connectivity index (χ3v) is 4.54. The molecule has 1 aromatic carbocycles. The summed E-state index contributed by atoms with van der Waals surface area (Å²) in [6.45, 7) is 5.41. The molecule has 1 saturated heterocycles. The lowest BCUT2D eigenvalue weighted by Crippen LogP contribution is -2.47. The van der Waals surface area contributed by atoms with Crippen molar-refractivity contribution in [1.82, 2.24) is 4.90 Å². The first-order valence-corrected chi connectivity index (χ1v) is 8.02. The van der Waals surface area contributed by atoms with Gasteiger partial charge in [-0.1, -0.05) is 18.2 Å². The minimum atomic E-state index is -0.342. The van der Waals surface area contributed by atoms with Crippen LogP contribution in [0.2, 0.25) is 0 Å². The number of benzene rings is 1. The van der Waals surface area contributed by atoms with Crippen LogP contribution in [0.1, 0.15) is 19.4 Å². The van der Waals surface area contributed by atoms with E-state index in [2.05, 4.69) is 9.89 Å². The topological polar surface area (TPSA) is 41.9 Å². The monoisotopic (exact) mass is 320 g/mol. The summed E-state index contributed by atoms with van der Waals surface area (Å²) in [5.74, 6) is -0.652. The summed E-state index contributed by atoms with van der Waals surface area (Å²) in [7, 11) is 0. The number of amides is 1. The van der Waals surface area contributed by atoms with Crippen LogP contribution in [-0.2, 0) is 9.53 Å². The van der Waals surface area contributed by atoms with Crippen molar-refractivity contribution in [3.63, 3.8) is 0 Å². The van der Waals surface area contributed by atoms with Crippen LogP contribution >= 0.6 is 11.8 Å². The molecule has 2 atom stereocenters. The van der Waals surface area contributed by atoms with Crippen LogP contribution in [0.25, 0.3) is 6.08 Å². The van der Waals surface area contributed by atoms with E-state index in [1.165, 1.54) is 17.8 Å². The second-order valence-corrected chi connectivity index (χ2v) is 6.50. The van der Waals surface area contributed by atoms with Crippen LogP contribution in [0, 0.1) is 5.82 Å². The lowest BCUT2D eigenvalue weighted by molar-refractivity contribution is -0.113. The molecule has 1 aromatic rings. The van der Waals surface area contributed by atoms with E-state index in [0.29, 0.717) is 28.7 Å². The number of amidine groups is 1. The fourth-order valence-electron chi connectivity index (χ4n) is 2.60. The molecule has 0 radical (unpaired) electrons. The van der Waals surface area contributed by atoms with Gasteiger partial charge >= 0.3 is 0 Å². The SMILES string of the molecule is C[C@@H]1CN(C2=NC(=O)/C(=C\c3ccccc3F)S2)C[C@@H](C)O1. The molecule has 22 heavy (non-hydrogen) atoms. The predicted octanol–water partition coefficient (Wildman–Crippen LogP) is 2.91. The molecule has 116 valence electrons. The van der Waals surface area contributed by atoms with Crippen molar-refractivity contribution in [3.05, 3.63) is 40.6 Å². The number of aliphatic imine (C=N–C) groups is 1.